The van der Waals surface area contributed by atoms with Crippen molar-refractivity contribution >= 4 is 11.8 Å². The van der Waals surface area contributed by atoms with Gasteiger partial charge in [0.15, 0.2) is 5.60 Å². The van der Waals surface area contributed by atoms with E-state index in [4.69, 9.17) is 9.73 Å². The number of rotatable bonds is 15. The van der Waals surface area contributed by atoms with Crippen LogP contribution in [0, 0.1) is 17.2 Å². The van der Waals surface area contributed by atoms with Crippen LogP contribution in [0.25, 0.3) is 0 Å². The van der Waals surface area contributed by atoms with Crippen molar-refractivity contribution in [2.24, 2.45) is 10.9 Å². The van der Waals surface area contributed by atoms with Gasteiger partial charge in [0, 0.05) is 61.5 Å². The van der Waals surface area contributed by atoms with Gasteiger partial charge in [-0.15, -0.1) is 5.73 Å². The van der Waals surface area contributed by atoms with E-state index in [1.54, 1.807) is 4.90 Å². The van der Waals surface area contributed by atoms with Crippen molar-refractivity contribution in [3.8, 4) is 6.07 Å². The van der Waals surface area contributed by atoms with E-state index in [1.807, 2.05) is 31.2 Å². The van der Waals surface area contributed by atoms with Crippen LogP contribution in [0.15, 0.2) is 105 Å². The van der Waals surface area contributed by atoms with Gasteiger partial charge in [-0.3, -0.25) is 4.99 Å². The van der Waals surface area contributed by atoms with Crippen molar-refractivity contribution in [2.45, 2.75) is 111 Å². The Labute approximate surface area is 299 Å². The highest BCUT2D eigenvalue weighted by Crippen LogP contribution is 2.38. The van der Waals surface area contributed by atoms with Gasteiger partial charge in [0.05, 0.1) is 11.6 Å². The van der Waals surface area contributed by atoms with Crippen LogP contribution >= 0.6 is 0 Å². The fourth-order valence-corrected chi connectivity index (χ4v) is 6.67. The van der Waals surface area contributed by atoms with Crippen LogP contribution in [0.5, 0.6) is 0 Å². The van der Waals surface area contributed by atoms with Gasteiger partial charge in [0.25, 0.3) is 5.92 Å². The summed E-state index contributed by atoms with van der Waals surface area (Å²) >= 11 is 0. The number of aliphatic imine (C=N–C) groups is 1. The number of carbonyl (C=O) groups excluding carboxylic acids is 1. The van der Waals surface area contributed by atoms with Crippen LogP contribution < -0.4 is 0 Å². The zero-order chi connectivity index (χ0) is 37.1. The van der Waals surface area contributed by atoms with E-state index in [1.165, 1.54) is 26.3 Å². The molecule has 1 heterocycles. The van der Waals surface area contributed by atoms with Crippen LogP contribution in [-0.4, -0.2) is 65.3 Å². The lowest BCUT2D eigenvalue weighted by Crippen LogP contribution is -2.55. The Hall–Kier alpha value is -4.21. The van der Waals surface area contributed by atoms with Crippen LogP contribution in [0.1, 0.15) is 93.9 Å². The summed E-state index contributed by atoms with van der Waals surface area (Å²) in [5.74, 6) is -2.85. The first-order valence-corrected chi connectivity index (χ1v) is 18.0. The van der Waals surface area contributed by atoms with Crippen LogP contribution in [0.2, 0.25) is 0 Å². The Morgan fingerprint density at radius 1 is 1.24 bits per heavy atom. The number of halogens is 2. The Kier molecular flexibility index (Phi) is 14.6. The largest absolute Gasteiger partial charge is 0.437 e. The maximum atomic E-state index is 14.6. The topological polar surface area (TPSA) is 68.9 Å². The zero-order valence-electron chi connectivity index (χ0n) is 31.4. The molecule has 3 rings (SSSR count). The fraction of sp³-hybridized carbons (Fsp3) is 0.524. The number of allylic oxidation sites excluding steroid dienone is 14. The van der Waals surface area contributed by atoms with Crippen molar-refractivity contribution in [1.82, 2.24) is 9.80 Å². The van der Waals surface area contributed by atoms with Crippen molar-refractivity contribution in [3.63, 3.8) is 0 Å². The molecule has 0 N–H and O–H groups in total. The second-order valence-corrected chi connectivity index (χ2v) is 13.7. The van der Waals surface area contributed by atoms with Gasteiger partial charge in [-0.1, -0.05) is 50.0 Å². The predicted octanol–water partition coefficient (Wildman–Crippen LogP) is 10.4. The first kappa shape index (κ1) is 40.2. The van der Waals surface area contributed by atoms with E-state index < -0.39 is 24.0 Å². The van der Waals surface area contributed by atoms with Crippen molar-refractivity contribution in [1.29, 1.82) is 5.26 Å². The quantitative estimate of drug-likeness (QED) is 0.0565. The third kappa shape index (κ3) is 9.94. The molecule has 2 unspecified atom stereocenters. The number of ether oxygens (including phenoxy) is 1. The van der Waals surface area contributed by atoms with Gasteiger partial charge in [-0.25, -0.2) is 13.6 Å². The molecule has 1 fully saturated rings. The smallest absolute Gasteiger partial charge is 0.410 e. The molecule has 0 spiro atoms. The number of hydrogen-bond acceptors (Lipinski definition) is 5. The van der Waals surface area contributed by atoms with E-state index >= 15 is 0 Å². The summed E-state index contributed by atoms with van der Waals surface area (Å²) in [5, 5.41) is 9.49. The number of nitriles is 1. The molecule has 1 saturated heterocycles. The second-order valence-electron chi connectivity index (χ2n) is 13.7. The molecule has 2 aliphatic carbocycles. The van der Waals surface area contributed by atoms with E-state index in [0.29, 0.717) is 31.8 Å². The van der Waals surface area contributed by atoms with Crippen LogP contribution in [0.4, 0.5) is 13.6 Å². The highest BCUT2D eigenvalue weighted by molar-refractivity contribution is 6.05. The standard InChI is InChI=1S/C42H56F2N4O2/c1-10-17-37(35-19-16-20-35)36(11-2)39(38(46-13-4)21-15-14-18-33-26-30(5)22-23-34(27-33)28-45)32(7)48-25-24-47(29-31(48)6)40(49)50-41(8,9)42(43,44)12-3/h10-11,16-17,19,22-23,27,31,35H,1,12-15,18,20-21,24-25,29H2,2-9H3/b36-11-,37-17+,39-32+,46-38?. The summed E-state index contributed by atoms with van der Waals surface area (Å²) in [5.41, 5.74) is 9.70. The third-order valence-corrected chi connectivity index (χ3v) is 9.75. The maximum absolute atomic E-state index is 14.6. The number of hydrogen-bond donors (Lipinski definition) is 0. The van der Waals surface area contributed by atoms with Crippen molar-refractivity contribution in [2.75, 3.05) is 26.2 Å². The predicted molar refractivity (Wildman–Crippen MR) is 201 cm³/mol. The summed E-state index contributed by atoms with van der Waals surface area (Å²) < 4.78 is 34.5. The lowest BCUT2D eigenvalue weighted by Gasteiger charge is -2.43. The third-order valence-electron chi connectivity index (χ3n) is 9.75. The molecule has 8 heteroatoms. The van der Waals surface area contributed by atoms with Gasteiger partial charge in [-0.05, 0) is 115 Å². The van der Waals surface area contributed by atoms with Gasteiger partial charge in [0.2, 0.25) is 0 Å². The molecule has 0 aromatic carbocycles. The Morgan fingerprint density at radius 3 is 2.52 bits per heavy atom. The SMILES string of the molecule is C=C/C=C(C(=C/C)/C(C(CCCCC1=C=C(C)C=CC(C#N)=C1)=NCC)=C(/C)N1CCN(C(=O)OC(C)(C)C(F)(F)CC)CC1C)\C1C=CC1. The summed E-state index contributed by atoms with van der Waals surface area (Å²) in [7, 11) is 0. The molecule has 3 aliphatic rings. The van der Waals surface area contributed by atoms with Crippen molar-refractivity contribution < 1.29 is 18.3 Å². The van der Waals surface area contributed by atoms with E-state index in [-0.39, 0.29) is 12.0 Å². The molecule has 2 atom stereocenters. The summed E-state index contributed by atoms with van der Waals surface area (Å²) in [4.78, 5) is 22.1. The average molecular weight is 687 g/mol. The van der Waals surface area contributed by atoms with Gasteiger partial charge in [-0.2, -0.15) is 5.26 Å². The molecule has 270 valence electrons. The van der Waals surface area contributed by atoms with Gasteiger partial charge < -0.3 is 14.5 Å². The average Bonchev–Trinajstić information content (AvgIpc) is 3.23. The highest BCUT2D eigenvalue weighted by Gasteiger charge is 2.49. The normalized spacial score (nSPS) is 21.0. The Bertz CT molecular complexity index is 1610. The molecular weight excluding hydrogens is 630 g/mol. The lowest BCUT2D eigenvalue weighted by molar-refractivity contribution is -0.169. The number of alkyl halides is 2. The number of unbranched alkanes of at least 4 members (excludes halogenated alkanes) is 1. The minimum atomic E-state index is -3.13. The minimum Gasteiger partial charge on any atom is -0.437 e. The first-order chi connectivity index (χ1) is 23.7. The minimum absolute atomic E-state index is 0.0931. The molecule has 6 nitrogen and oxygen atoms in total. The lowest BCUT2D eigenvalue weighted by atomic mass is 9.78. The highest BCUT2D eigenvalue weighted by atomic mass is 19.3. The molecule has 0 saturated carbocycles. The summed E-state index contributed by atoms with van der Waals surface area (Å²) in [6.45, 7) is 20.1. The summed E-state index contributed by atoms with van der Waals surface area (Å²) in [6.07, 6.45) is 19.4. The molecule has 0 aromatic heterocycles. The molecule has 0 radical (unpaired) electrons. The van der Waals surface area contributed by atoms with Crippen LogP contribution in [-0.2, 0) is 4.74 Å². The Balaban J connectivity index is 1.94. The molecule has 0 bridgehead atoms. The van der Waals surface area contributed by atoms with Crippen molar-refractivity contribution in [3.05, 3.63) is 100 Å². The first-order valence-electron chi connectivity index (χ1n) is 18.0. The monoisotopic (exact) mass is 686 g/mol. The van der Waals surface area contributed by atoms with Gasteiger partial charge in [0.1, 0.15) is 0 Å². The van der Waals surface area contributed by atoms with E-state index in [0.717, 1.165) is 65.8 Å². The Morgan fingerprint density at radius 2 is 1.96 bits per heavy atom. The summed E-state index contributed by atoms with van der Waals surface area (Å²) in [6, 6.07) is 2.16. The van der Waals surface area contributed by atoms with E-state index in [9.17, 15) is 18.8 Å². The molecule has 1 amide bonds. The second kappa shape index (κ2) is 18.2. The number of amides is 1. The zero-order valence-corrected chi connectivity index (χ0v) is 31.4. The molecular formula is C42H56F2N4O2. The van der Waals surface area contributed by atoms with E-state index in [2.05, 4.69) is 75.3 Å². The molecule has 0 aromatic rings. The number of nitrogens with zero attached hydrogens (tertiary/aromatic N) is 4. The fourth-order valence-electron chi connectivity index (χ4n) is 6.67. The number of piperazine rings is 1. The van der Waals surface area contributed by atoms with Crippen LogP contribution in [0.3, 0.4) is 0 Å². The molecule has 50 heavy (non-hydrogen) atoms. The van der Waals surface area contributed by atoms with Gasteiger partial charge >= 0.3 is 6.09 Å². The number of carbonyl (C=O) groups is 1. The maximum Gasteiger partial charge on any atom is 0.410 e. The molecule has 1 aliphatic heterocycles.